The Morgan fingerprint density at radius 2 is 1.73 bits per heavy atom. The van der Waals surface area contributed by atoms with Gasteiger partial charge in [0.2, 0.25) is 15.9 Å². The fraction of sp³-hybridized carbons (Fsp3) is 0.261. The smallest absolute Gasteiger partial charge is 0.279 e. The van der Waals surface area contributed by atoms with Crippen LogP contribution in [0.2, 0.25) is 0 Å². The second kappa shape index (κ2) is 9.82. The Morgan fingerprint density at radius 1 is 1.00 bits per heavy atom. The van der Waals surface area contributed by atoms with E-state index in [4.69, 9.17) is 0 Å². The topological polar surface area (TPSA) is 92.1 Å². The highest BCUT2D eigenvalue weighted by molar-refractivity contribution is 7.89. The van der Waals surface area contributed by atoms with Crippen LogP contribution in [-0.2, 0) is 21.4 Å². The van der Waals surface area contributed by atoms with E-state index in [0.717, 1.165) is 5.56 Å². The van der Waals surface area contributed by atoms with Crippen LogP contribution in [0.4, 0.5) is 0 Å². The molecule has 1 saturated heterocycles. The van der Waals surface area contributed by atoms with Gasteiger partial charge in [-0.3, -0.25) is 9.59 Å². The Hall–Kier alpha value is -3.08. The van der Waals surface area contributed by atoms with Gasteiger partial charge in [0.25, 0.3) is 5.91 Å². The summed E-state index contributed by atoms with van der Waals surface area (Å²) in [5.41, 5.74) is 1.29. The molecule has 33 heavy (non-hydrogen) atoms. The number of benzene rings is 2. The van der Waals surface area contributed by atoms with Gasteiger partial charge in [0.15, 0.2) is 4.80 Å². The van der Waals surface area contributed by atoms with Crippen molar-refractivity contribution in [3.63, 3.8) is 0 Å². The standard InChI is InChI=1S/C23H24N4O4S2/c1-18(28)25-10-12-27(13-11-25)33(30,31)21-9-5-8-20(16-21)22(29)24-23-26(14-15-32-23)17-19-6-3-2-4-7-19/h2-9,14-16H,10-13,17H2,1H3. The summed E-state index contributed by atoms with van der Waals surface area (Å²) < 4.78 is 29.4. The first-order valence-corrected chi connectivity index (χ1v) is 12.8. The van der Waals surface area contributed by atoms with Crippen molar-refractivity contribution >= 4 is 33.2 Å². The van der Waals surface area contributed by atoms with E-state index in [1.165, 1.54) is 34.7 Å². The van der Waals surface area contributed by atoms with E-state index in [0.29, 0.717) is 24.4 Å². The van der Waals surface area contributed by atoms with Gasteiger partial charge >= 0.3 is 0 Å². The Labute approximate surface area is 196 Å². The third kappa shape index (κ3) is 5.29. The summed E-state index contributed by atoms with van der Waals surface area (Å²) in [4.78, 5) is 30.8. The molecular formula is C23H24N4O4S2. The Bertz CT molecular complexity index is 1320. The molecule has 1 fully saturated rings. The minimum Gasteiger partial charge on any atom is -0.340 e. The summed E-state index contributed by atoms with van der Waals surface area (Å²) in [6.07, 6.45) is 1.87. The maximum atomic E-state index is 13.1. The second-order valence-electron chi connectivity index (χ2n) is 7.65. The van der Waals surface area contributed by atoms with E-state index < -0.39 is 15.9 Å². The molecule has 0 aliphatic carbocycles. The first-order valence-electron chi connectivity index (χ1n) is 10.5. The number of carbonyl (C=O) groups excluding carboxylic acids is 2. The van der Waals surface area contributed by atoms with Crippen molar-refractivity contribution < 1.29 is 18.0 Å². The zero-order chi connectivity index (χ0) is 23.4. The van der Waals surface area contributed by atoms with Crippen LogP contribution >= 0.6 is 11.3 Å². The molecule has 172 valence electrons. The van der Waals surface area contributed by atoms with E-state index in [1.54, 1.807) is 17.0 Å². The zero-order valence-electron chi connectivity index (χ0n) is 18.1. The SMILES string of the molecule is CC(=O)N1CCN(S(=O)(=O)c2cccc(C(=O)N=c3sccn3Cc3ccccc3)c2)CC1. The van der Waals surface area contributed by atoms with Crippen molar-refractivity contribution in [2.45, 2.75) is 18.4 Å². The number of nitrogens with zero attached hydrogens (tertiary/aromatic N) is 4. The zero-order valence-corrected chi connectivity index (χ0v) is 19.8. The molecule has 3 aromatic rings. The number of amides is 2. The molecule has 10 heteroatoms. The third-order valence-electron chi connectivity index (χ3n) is 5.46. The minimum absolute atomic E-state index is 0.0446. The highest BCUT2D eigenvalue weighted by atomic mass is 32.2. The first-order chi connectivity index (χ1) is 15.8. The number of hydrogen-bond donors (Lipinski definition) is 0. The second-order valence-corrected chi connectivity index (χ2v) is 10.5. The van der Waals surface area contributed by atoms with Gasteiger partial charge in [0.05, 0.1) is 4.90 Å². The van der Waals surface area contributed by atoms with E-state index in [9.17, 15) is 18.0 Å². The lowest BCUT2D eigenvalue weighted by Crippen LogP contribution is -2.49. The first kappa shape index (κ1) is 23.1. The van der Waals surface area contributed by atoms with Gasteiger partial charge in [-0.2, -0.15) is 9.30 Å². The molecule has 0 atom stereocenters. The van der Waals surface area contributed by atoms with Crippen molar-refractivity contribution in [2.24, 2.45) is 4.99 Å². The Morgan fingerprint density at radius 3 is 2.42 bits per heavy atom. The summed E-state index contributed by atoms with van der Waals surface area (Å²) in [6.45, 7) is 3.19. The molecule has 1 aliphatic heterocycles. The van der Waals surface area contributed by atoms with Crippen molar-refractivity contribution in [1.29, 1.82) is 0 Å². The van der Waals surface area contributed by atoms with Crippen molar-refractivity contribution in [3.8, 4) is 0 Å². The van der Waals surface area contributed by atoms with E-state index in [1.807, 2.05) is 46.5 Å². The Balaban J connectivity index is 1.54. The van der Waals surface area contributed by atoms with Crippen molar-refractivity contribution in [3.05, 3.63) is 82.1 Å². The summed E-state index contributed by atoms with van der Waals surface area (Å²) in [5.74, 6) is -0.572. The molecule has 4 rings (SSSR count). The normalized spacial score (nSPS) is 15.5. The quantitative estimate of drug-likeness (QED) is 0.555. The van der Waals surface area contributed by atoms with Crippen molar-refractivity contribution in [2.75, 3.05) is 26.2 Å². The molecule has 2 amide bonds. The molecule has 0 spiro atoms. The molecule has 2 aromatic carbocycles. The maximum Gasteiger partial charge on any atom is 0.279 e. The van der Waals surface area contributed by atoms with E-state index in [2.05, 4.69) is 4.99 Å². The van der Waals surface area contributed by atoms with Gasteiger partial charge in [0, 0.05) is 56.8 Å². The van der Waals surface area contributed by atoms with E-state index in [-0.39, 0.29) is 29.5 Å². The van der Waals surface area contributed by atoms with Crippen LogP contribution in [0.15, 0.2) is 76.1 Å². The van der Waals surface area contributed by atoms with Gasteiger partial charge < -0.3 is 9.47 Å². The average molecular weight is 485 g/mol. The van der Waals surface area contributed by atoms with Crippen LogP contribution in [0.1, 0.15) is 22.8 Å². The Kier molecular flexibility index (Phi) is 6.87. The van der Waals surface area contributed by atoms with Crippen LogP contribution in [-0.4, -0.2) is 60.2 Å². The van der Waals surface area contributed by atoms with Crippen LogP contribution in [0.5, 0.6) is 0 Å². The average Bonchev–Trinajstić information content (AvgIpc) is 3.26. The highest BCUT2D eigenvalue weighted by Crippen LogP contribution is 2.19. The fourth-order valence-corrected chi connectivity index (χ4v) is 5.82. The van der Waals surface area contributed by atoms with Crippen LogP contribution < -0.4 is 4.80 Å². The number of thiazole rings is 1. The van der Waals surface area contributed by atoms with Gasteiger partial charge in [-0.1, -0.05) is 36.4 Å². The number of piperazine rings is 1. The summed E-state index contributed by atoms with van der Waals surface area (Å²) in [6, 6.07) is 15.8. The summed E-state index contributed by atoms with van der Waals surface area (Å²) in [7, 11) is -3.78. The van der Waals surface area contributed by atoms with Gasteiger partial charge in [0.1, 0.15) is 0 Å². The number of carbonyl (C=O) groups is 2. The molecule has 1 aromatic heterocycles. The molecule has 0 radical (unpaired) electrons. The minimum atomic E-state index is -3.78. The van der Waals surface area contributed by atoms with Gasteiger partial charge in [-0.05, 0) is 23.8 Å². The predicted molar refractivity (Wildman–Crippen MR) is 125 cm³/mol. The maximum absolute atomic E-state index is 13.1. The van der Waals surface area contributed by atoms with Crippen LogP contribution in [0.25, 0.3) is 0 Å². The summed E-state index contributed by atoms with van der Waals surface area (Å²) >= 11 is 1.34. The number of sulfonamides is 1. The number of rotatable bonds is 5. The number of aromatic nitrogens is 1. The molecule has 8 nitrogen and oxygen atoms in total. The third-order valence-corrected chi connectivity index (χ3v) is 8.14. The predicted octanol–water partition coefficient (Wildman–Crippen LogP) is 2.19. The lowest BCUT2D eigenvalue weighted by molar-refractivity contribution is -0.129. The van der Waals surface area contributed by atoms with Gasteiger partial charge in [-0.25, -0.2) is 8.42 Å². The molecular weight excluding hydrogens is 460 g/mol. The largest absolute Gasteiger partial charge is 0.340 e. The lowest BCUT2D eigenvalue weighted by Gasteiger charge is -2.33. The van der Waals surface area contributed by atoms with Crippen LogP contribution in [0, 0.1) is 0 Å². The highest BCUT2D eigenvalue weighted by Gasteiger charge is 2.29. The molecule has 0 bridgehead atoms. The molecule has 2 heterocycles. The van der Waals surface area contributed by atoms with Gasteiger partial charge in [-0.15, -0.1) is 11.3 Å². The molecule has 0 unspecified atom stereocenters. The summed E-state index contributed by atoms with van der Waals surface area (Å²) in [5, 5.41) is 1.86. The fourth-order valence-electron chi connectivity index (χ4n) is 3.62. The van der Waals surface area contributed by atoms with E-state index >= 15 is 0 Å². The molecule has 1 aliphatic rings. The molecule has 0 saturated carbocycles. The monoisotopic (exact) mass is 484 g/mol. The number of hydrogen-bond acceptors (Lipinski definition) is 5. The molecule has 0 N–H and O–H groups in total. The lowest BCUT2D eigenvalue weighted by atomic mass is 10.2. The van der Waals surface area contributed by atoms with Crippen LogP contribution in [0.3, 0.4) is 0 Å². The van der Waals surface area contributed by atoms with Crippen molar-refractivity contribution in [1.82, 2.24) is 13.8 Å².